The second kappa shape index (κ2) is 7.28. The summed E-state index contributed by atoms with van der Waals surface area (Å²) in [5, 5.41) is 11.1. The van der Waals surface area contributed by atoms with Crippen LogP contribution in [0.1, 0.15) is 56.9 Å². The number of aliphatic hydroxyl groups excluding tert-OH is 1. The number of aryl methyl sites for hydroxylation is 1. The molecule has 0 unspecified atom stereocenters. The van der Waals surface area contributed by atoms with E-state index in [2.05, 4.69) is 35.0 Å². The van der Waals surface area contributed by atoms with Crippen LogP contribution in [0.2, 0.25) is 0 Å². The van der Waals surface area contributed by atoms with Crippen molar-refractivity contribution >= 4 is 27.5 Å². The minimum atomic E-state index is -0.0421. The number of unbranched alkanes of at least 4 members (excludes halogenated alkanes) is 1. The molecule has 4 nitrogen and oxygen atoms in total. The third kappa shape index (κ3) is 3.05. The Bertz CT molecular complexity index is 750. The molecule has 26 heavy (non-hydrogen) atoms. The van der Waals surface area contributed by atoms with Crippen LogP contribution in [0.4, 0.5) is 0 Å². The van der Waals surface area contributed by atoms with Crippen molar-refractivity contribution in [2.45, 2.75) is 70.4 Å². The molecule has 0 aliphatic carbocycles. The first-order valence-electron chi connectivity index (χ1n) is 9.93. The van der Waals surface area contributed by atoms with E-state index in [4.69, 9.17) is 0 Å². The lowest BCUT2D eigenvalue weighted by Gasteiger charge is -2.34. The van der Waals surface area contributed by atoms with E-state index >= 15 is 0 Å². The Morgan fingerprint density at radius 2 is 2.19 bits per heavy atom. The Kier molecular flexibility index (Phi) is 5.02. The molecule has 0 spiro atoms. The Balaban J connectivity index is 1.29. The molecule has 1 aromatic carbocycles. The summed E-state index contributed by atoms with van der Waals surface area (Å²) in [7, 11) is 0. The maximum absolute atomic E-state index is 12.8. The quantitative estimate of drug-likeness (QED) is 0.743. The van der Waals surface area contributed by atoms with Gasteiger partial charge in [-0.1, -0.05) is 19.1 Å². The summed E-state index contributed by atoms with van der Waals surface area (Å²) in [6.07, 6.45) is 7.64. The number of benzene rings is 1. The molecule has 2 bridgehead atoms. The molecule has 1 aromatic heterocycles. The standard InChI is InChI=1S/C21H28N2O2S/c1-2-21(14-24)13-15-11-12-18(21)23(15)20(25)10-6-5-9-19-22-16-7-3-4-8-17(16)26-19/h3-4,7-8,15,18,24H,2,5-6,9-14H2,1H3/t15-,18+,21-/m1/s1. The number of para-hydroxylation sites is 1. The average Bonchev–Trinajstić information content (AvgIpc) is 3.35. The summed E-state index contributed by atoms with van der Waals surface area (Å²) >= 11 is 1.76. The highest BCUT2D eigenvalue weighted by molar-refractivity contribution is 7.18. The van der Waals surface area contributed by atoms with E-state index in [-0.39, 0.29) is 18.1 Å². The number of carbonyl (C=O) groups excluding carboxylic acids is 1. The number of hydrogen-bond acceptors (Lipinski definition) is 4. The first-order valence-corrected chi connectivity index (χ1v) is 10.7. The second-order valence-electron chi connectivity index (χ2n) is 7.91. The fourth-order valence-corrected chi connectivity index (χ4v) is 6.05. The highest BCUT2D eigenvalue weighted by Gasteiger charge is 2.55. The summed E-state index contributed by atoms with van der Waals surface area (Å²) in [6, 6.07) is 8.88. The van der Waals surface area contributed by atoms with E-state index in [1.54, 1.807) is 11.3 Å². The predicted octanol–water partition coefficient (Wildman–Crippen LogP) is 4.16. The van der Waals surface area contributed by atoms with Gasteiger partial charge in [0.1, 0.15) is 0 Å². The molecule has 4 rings (SSSR count). The van der Waals surface area contributed by atoms with Crippen molar-refractivity contribution in [1.82, 2.24) is 9.88 Å². The topological polar surface area (TPSA) is 53.4 Å². The van der Waals surface area contributed by atoms with Gasteiger partial charge in [0.25, 0.3) is 0 Å². The summed E-state index contributed by atoms with van der Waals surface area (Å²) in [4.78, 5) is 19.6. The van der Waals surface area contributed by atoms with Gasteiger partial charge in [-0.25, -0.2) is 4.98 Å². The normalized spacial score (nSPS) is 27.5. The predicted molar refractivity (Wildman–Crippen MR) is 105 cm³/mol. The van der Waals surface area contributed by atoms with E-state index in [1.807, 2.05) is 6.07 Å². The van der Waals surface area contributed by atoms with Gasteiger partial charge in [-0.3, -0.25) is 4.79 Å². The number of amides is 1. The number of fused-ring (bicyclic) bond motifs is 3. The highest BCUT2D eigenvalue weighted by Crippen LogP contribution is 2.51. The molecule has 2 saturated heterocycles. The van der Waals surface area contributed by atoms with Gasteiger partial charge in [0.2, 0.25) is 5.91 Å². The molecule has 3 heterocycles. The van der Waals surface area contributed by atoms with Crippen molar-refractivity contribution in [2.75, 3.05) is 6.61 Å². The van der Waals surface area contributed by atoms with Crippen molar-refractivity contribution in [2.24, 2.45) is 5.41 Å². The Hall–Kier alpha value is -1.46. The molecule has 5 heteroatoms. The zero-order chi connectivity index (χ0) is 18.1. The molecular weight excluding hydrogens is 344 g/mol. The maximum Gasteiger partial charge on any atom is 0.223 e. The van der Waals surface area contributed by atoms with Gasteiger partial charge in [0.05, 0.1) is 21.8 Å². The molecule has 3 atom stereocenters. The largest absolute Gasteiger partial charge is 0.396 e. The van der Waals surface area contributed by atoms with Crippen LogP contribution in [0.25, 0.3) is 10.2 Å². The average molecular weight is 373 g/mol. The molecule has 2 aliphatic rings. The van der Waals surface area contributed by atoms with Gasteiger partial charge in [-0.15, -0.1) is 11.3 Å². The van der Waals surface area contributed by atoms with Crippen molar-refractivity contribution in [3.8, 4) is 0 Å². The van der Waals surface area contributed by atoms with Crippen LogP contribution in [0.3, 0.4) is 0 Å². The smallest absolute Gasteiger partial charge is 0.223 e. The number of hydrogen-bond donors (Lipinski definition) is 1. The lowest BCUT2D eigenvalue weighted by Crippen LogP contribution is -2.42. The molecule has 2 aromatic rings. The summed E-state index contributed by atoms with van der Waals surface area (Å²) in [6.45, 7) is 2.36. The second-order valence-corrected chi connectivity index (χ2v) is 9.02. The molecule has 140 valence electrons. The Labute approximate surface area is 159 Å². The Morgan fingerprint density at radius 1 is 1.35 bits per heavy atom. The number of aliphatic hydroxyl groups is 1. The summed E-state index contributed by atoms with van der Waals surface area (Å²) in [5.74, 6) is 0.297. The van der Waals surface area contributed by atoms with Crippen LogP contribution in [0.15, 0.2) is 24.3 Å². The van der Waals surface area contributed by atoms with Crippen LogP contribution in [0.5, 0.6) is 0 Å². The summed E-state index contributed by atoms with van der Waals surface area (Å²) < 4.78 is 1.24. The van der Waals surface area contributed by atoms with Crippen molar-refractivity contribution in [3.05, 3.63) is 29.3 Å². The molecule has 2 aliphatic heterocycles. The van der Waals surface area contributed by atoms with Gasteiger partial charge >= 0.3 is 0 Å². The van der Waals surface area contributed by atoms with Crippen molar-refractivity contribution < 1.29 is 9.90 Å². The van der Waals surface area contributed by atoms with E-state index in [1.165, 1.54) is 9.71 Å². The van der Waals surface area contributed by atoms with E-state index < -0.39 is 0 Å². The monoisotopic (exact) mass is 372 g/mol. The van der Waals surface area contributed by atoms with Crippen molar-refractivity contribution in [3.63, 3.8) is 0 Å². The van der Waals surface area contributed by atoms with E-state index in [9.17, 15) is 9.90 Å². The van der Waals surface area contributed by atoms with E-state index in [0.29, 0.717) is 18.4 Å². The van der Waals surface area contributed by atoms with Crippen LogP contribution in [-0.2, 0) is 11.2 Å². The van der Waals surface area contributed by atoms with Gasteiger partial charge in [-0.2, -0.15) is 0 Å². The SMILES string of the molecule is CC[C@]1(CO)C[C@H]2CC[C@@H]1N2C(=O)CCCCc1nc2ccccc2s1. The molecule has 0 radical (unpaired) electrons. The lowest BCUT2D eigenvalue weighted by atomic mass is 9.72. The molecule has 2 fully saturated rings. The summed E-state index contributed by atoms with van der Waals surface area (Å²) in [5.41, 5.74) is 1.04. The number of nitrogens with zero attached hydrogens (tertiary/aromatic N) is 2. The molecule has 1 amide bonds. The number of thiazole rings is 1. The highest BCUT2D eigenvalue weighted by atomic mass is 32.1. The number of carbonyl (C=O) groups is 1. The third-order valence-electron chi connectivity index (χ3n) is 6.53. The zero-order valence-corrected chi connectivity index (χ0v) is 16.3. The minimum Gasteiger partial charge on any atom is -0.396 e. The maximum atomic E-state index is 12.8. The van der Waals surface area contributed by atoms with E-state index in [0.717, 1.165) is 50.5 Å². The fourth-order valence-electron chi connectivity index (χ4n) is 5.04. The zero-order valence-electron chi connectivity index (χ0n) is 15.5. The minimum absolute atomic E-state index is 0.0421. The number of rotatable bonds is 7. The Morgan fingerprint density at radius 3 is 2.92 bits per heavy atom. The number of aromatic nitrogens is 1. The van der Waals surface area contributed by atoms with Gasteiger partial charge in [-0.05, 0) is 57.1 Å². The lowest BCUT2D eigenvalue weighted by molar-refractivity contribution is -0.133. The van der Waals surface area contributed by atoms with Gasteiger partial charge in [0.15, 0.2) is 0 Å². The van der Waals surface area contributed by atoms with Crippen molar-refractivity contribution in [1.29, 1.82) is 0 Å². The van der Waals surface area contributed by atoms with Crippen LogP contribution in [0, 0.1) is 5.41 Å². The molecule has 1 N–H and O–H groups in total. The van der Waals surface area contributed by atoms with Crippen LogP contribution < -0.4 is 0 Å². The van der Waals surface area contributed by atoms with Crippen LogP contribution >= 0.6 is 11.3 Å². The first kappa shape index (κ1) is 17.9. The first-order chi connectivity index (χ1) is 12.7. The van der Waals surface area contributed by atoms with Crippen LogP contribution in [-0.4, -0.2) is 39.6 Å². The van der Waals surface area contributed by atoms with Gasteiger partial charge in [0, 0.05) is 23.9 Å². The third-order valence-corrected chi connectivity index (χ3v) is 7.62. The van der Waals surface area contributed by atoms with Gasteiger partial charge < -0.3 is 10.0 Å². The molecule has 0 saturated carbocycles. The molecular formula is C21H28N2O2S. The fraction of sp³-hybridized carbons (Fsp3) is 0.619.